The van der Waals surface area contributed by atoms with Crippen LogP contribution in [0.5, 0.6) is 0 Å². The van der Waals surface area contributed by atoms with Crippen molar-refractivity contribution >= 4 is 51.4 Å². The van der Waals surface area contributed by atoms with Crippen molar-refractivity contribution < 1.29 is 4.74 Å². The molecule has 0 unspecified atom stereocenters. The molecule has 0 N–H and O–H groups in total. The molecule has 8 nitrogen and oxygen atoms in total. The molecular weight excluding hydrogens is 516 g/mol. The molecule has 2 fully saturated rings. The number of halogens is 1. The number of rotatable bonds is 5. The SMILES string of the molecule is C[C@H]1CC2(CCN(c3cnc(Sc4ccc5ncn(Cc6nccs6)c(=O)c5c4Cl)cn3)CC2)CO1. The van der Waals surface area contributed by atoms with Gasteiger partial charge in [0.15, 0.2) is 0 Å². The molecule has 11 heteroatoms. The van der Waals surface area contributed by atoms with Crippen LogP contribution in [0, 0.1) is 5.41 Å². The Kier molecular flexibility index (Phi) is 6.45. The van der Waals surface area contributed by atoms with E-state index in [9.17, 15) is 4.79 Å². The predicted octanol–water partition coefficient (Wildman–Crippen LogP) is 4.89. The Morgan fingerprint density at radius 3 is 2.75 bits per heavy atom. The van der Waals surface area contributed by atoms with Crippen molar-refractivity contribution in [3.05, 3.63) is 62.8 Å². The predicted molar refractivity (Wildman–Crippen MR) is 142 cm³/mol. The summed E-state index contributed by atoms with van der Waals surface area (Å²) in [6, 6.07) is 3.69. The van der Waals surface area contributed by atoms with Crippen LogP contribution >= 0.6 is 34.7 Å². The largest absolute Gasteiger partial charge is 0.378 e. The summed E-state index contributed by atoms with van der Waals surface area (Å²) >= 11 is 9.61. The van der Waals surface area contributed by atoms with Crippen LogP contribution in [-0.2, 0) is 11.3 Å². The van der Waals surface area contributed by atoms with Gasteiger partial charge in [-0.3, -0.25) is 9.36 Å². The smallest absolute Gasteiger partial charge is 0.263 e. The first-order valence-electron chi connectivity index (χ1n) is 11.9. The molecule has 2 saturated heterocycles. The number of hydrogen-bond donors (Lipinski definition) is 0. The van der Waals surface area contributed by atoms with Gasteiger partial charge in [0.2, 0.25) is 0 Å². The average molecular weight is 541 g/mol. The van der Waals surface area contributed by atoms with E-state index in [1.807, 2.05) is 23.7 Å². The van der Waals surface area contributed by atoms with Gasteiger partial charge in [0.05, 0.1) is 53.9 Å². The van der Waals surface area contributed by atoms with E-state index in [-0.39, 0.29) is 5.56 Å². The lowest BCUT2D eigenvalue weighted by atomic mass is 9.77. The number of anilines is 1. The summed E-state index contributed by atoms with van der Waals surface area (Å²) in [4.78, 5) is 34.2. The minimum Gasteiger partial charge on any atom is -0.378 e. The molecule has 3 aromatic heterocycles. The highest BCUT2D eigenvalue weighted by molar-refractivity contribution is 7.99. The number of piperidine rings is 1. The third-order valence-corrected chi connectivity index (χ3v) is 9.31. The van der Waals surface area contributed by atoms with Crippen LogP contribution in [0.25, 0.3) is 10.9 Å². The first kappa shape index (κ1) is 23.8. The zero-order valence-corrected chi connectivity index (χ0v) is 22.2. The zero-order valence-electron chi connectivity index (χ0n) is 19.8. The van der Waals surface area contributed by atoms with Gasteiger partial charge in [-0.15, -0.1) is 11.3 Å². The number of thiazole rings is 1. The van der Waals surface area contributed by atoms with E-state index in [1.165, 1.54) is 27.7 Å². The Balaban J connectivity index is 1.18. The zero-order chi connectivity index (χ0) is 24.7. The first-order chi connectivity index (χ1) is 17.5. The molecule has 5 heterocycles. The van der Waals surface area contributed by atoms with Crippen molar-refractivity contribution in [1.29, 1.82) is 0 Å². The van der Waals surface area contributed by atoms with Crippen molar-refractivity contribution in [3.63, 3.8) is 0 Å². The molecule has 1 aromatic carbocycles. The number of fused-ring (bicyclic) bond motifs is 1. The van der Waals surface area contributed by atoms with E-state index < -0.39 is 0 Å². The summed E-state index contributed by atoms with van der Waals surface area (Å²) in [5.41, 5.74) is 0.713. The van der Waals surface area contributed by atoms with Gasteiger partial charge in [0, 0.05) is 29.6 Å². The van der Waals surface area contributed by atoms with Gasteiger partial charge in [-0.1, -0.05) is 23.4 Å². The van der Waals surface area contributed by atoms with Gasteiger partial charge < -0.3 is 9.64 Å². The van der Waals surface area contributed by atoms with Gasteiger partial charge >= 0.3 is 0 Å². The van der Waals surface area contributed by atoms with Crippen molar-refractivity contribution in [2.75, 3.05) is 24.6 Å². The number of hydrogen-bond acceptors (Lipinski definition) is 9. The second-order valence-corrected chi connectivity index (χ2v) is 11.9. The second kappa shape index (κ2) is 9.74. The molecule has 4 aromatic rings. The van der Waals surface area contributed by atoms with Crippen molar-refractivity contribution in [2.45, 2.75) is 48.8 Å². The maximum Gasteiger partial charge on any atom is 0.263 e. The van der Waals surface area contributed by atoms with Crippen LogP contribution in [0.2, 0.25) is 5.02 Å². The molecule has 0 bridgehead atoms. The summed E-state index contributed by atoms with van der Waals surface area (Å²) < 4.78 is 7.38. The third kappa shape index (κ3) is 4.63. The minimum absolute atomic E-state index is 0.186. The third-order valence-electron chi connectivity index (χ3n) is 7.06. The summed E-state index contributed by atoms with van der Waals surface area (Å²) in [5, 5.41) is 4.22. The lowest BCUT2D eigenvalue weighted by molar-refractivity contribution is 0.0976. The van der Waals surface area contributed by atoms with E-state index in [0.717, 1.165) is 59.7 Å². The first-order valence-corrected chi connectivity index (χ1v) is 14.0. The summed E-state index contributed by atoms with van der Waals surface area (Å²) in [6.07, 6.45) is 10.6. The Morgan fingerprint density at radius 1 is 1.19 bits per heavy atom. The van der Waals surface area contributed by atoms with Gasteiger partial charge in [0.25, 0.3) is 5.56 Å². The molecule has 1 spiro atoms. The van der Waals surface area contributed by atoms with Crippen LogP contribution in [0.1, 0.15) is 31.2 Å². The Labute approximate surface area is 221 Å². The van der Waals surface area contributed by atoms with Crippen LogP contribution in [0.15, 0.2) is 57.1 Å². The summed E-state index contributed by atoms with van der Waals surface area (Å²) in [7, 11) is 0. The molecule has 36 heavy (non-hydrogen) atoms. The maximum atomic E-state index is 13.2. The fourth-order valence-electron chi connectivity index (χ4n) is 5.10. The van der Waals surface area contributed by atoms with Crippen LogP contribution in [-0.4, -0.2) is 50.3 Å². The van der Waals surface area contributed by atoms with Crippen molar-refractivity contribution in [1.82, 2.24) is 24.5 Å². The van der Waals surface area contributed by atoms with E-state index in [0.29, 0.717) is 34.0 Å². The minimum atomic E-state index is -0.186. The van der Waals surface area contributed by atoms with Crippen molar-refractivity contribution in [2.24, 2.45) is 5.41 Å². The molecule has 6 rings (SSSR count). The number of aromatic nitrogens is 5. The Hall–Kier alpha value is -2.53. The van der Waals surface area contributed by atoms with E-state index >= 15 is 0 Å². The standard InChI is InChI=1S/C25H25ClN6O2S2/c1-16-10-25(14-34-16)4-7-31(8-5-25)19-11-29-20(12-28-19)36-18-3-2-17-22(23(18)26)24(33)32(15-30-17)13-21-27-6-9-35-21/h2-3,6,9,11-12,15-16H,4-5,7-8,10,13-14H2,1H3/t16-/m0/s1. The topological polar surface area (TPSA) is 86.0 Å². The number of nitrogens with zero attached hydrogens (tertiary/aromatic N) is 6. The highest BCUT2D eigenvalue weighted by atomic mass is 35.5. The normalized spacial score (nSPS) is 19.4. The highest BCUT2D eigenvalue weighted by Gasteiger charge is 2.41. The fraction of sp³-hybridized carbons (Fsp3) is 0.400. The summed E-state index contributed by atoms with van der Waals surface area (Å²) in [6.45, 7) is 5.34. The fourth-order valence-corrected chi connectivity index (χ4v) is 6.83. The van der Waals surface area contributed by atoms with Gasteiger partial charge in [-0.2, -0.15) is 0 Å². The molecule has 0 amide bonds. The molecule has 2 aliphatic heterocycles. The molecule has 186 valence electrons. The molecular formula is C25H25ClN6O2S2. The molecule has 1 atom stereocenters. The number of benzene rings is 1. The lowest BCUT2D eigenvalue weighted by Crippen LogP contribution is -2.41. The lowest BCUT2D eigenvalue weighted by Gasteiger charge is -2.38. The average Bonchev–Trinajstić information content (AvgIpc) is 3.53. The maximum absolute atomic E-state index is 13.2. The van der Waals surface area contributed by atoms with Gasteiger partial charge in [-0.25, -0.2) is 19.9 Å². The van der Waals surface area contributed by atoms with Gasteiger partial charge in [0.1, 0.15) is 15.9 Å². The van der Waals surface area contributed by atoms with E-state index in [2.05, 4.69) is 31.8 Å². The Morgan fingerprint density at radius 2 is 2.06 bits per heavy atom. The highest BCUT2D eigenvalue weighted by Crippen LogP contribution is 2.42. The molecule has 0 radical (unpaired) electrons. The van der Waals surface area contributed by atoms with Crippen LogP contribution in [0.3, 0.4) is 0 Å². The monoisotopic (exact) mass is 540 g/mol. The Bertz CT molecular complexity index is 1440. The van der Waals surface area contributed by atoms with E-state index in [1.54, 1.807) is 18.7 Å². The second-order valence-electron chi connectivity index (χ2n) is 9.50. The molecule has 0 aliphatic carbocycles. The van der Waals surface area contributed by atoms with Gasteiger partial charge in [-0.05, 0) is 43.7 Å². The summed E-state index contributed by atoms with van der Waals surface area (Å²) in [5.74, 6) is 0.889. The van der Waals surface area contributed by atoms with E-state index in [4.69, 9.17) is 16.3 Å². The van der Waals surface area contributed by atoms with Crippen LogP contribution < -0.4 is 10.5 Å². The molecule has 0 saturated carbocycles. The number of ether oxygens (including phenoxy) is 1. The molecule has 2 aliphatic rings. The quantitative estimate of drug-likeness (QED) is 0.353. The van der Waals surface area contributed by atoms with Crippen LogP contribution in [0.4, 0.5) is 5.82 Å². The van der Waals surface area contributed by atoms with Crippen molar-refractivity contribution in [3.8, 4) is 0 Å².